The second-order valence-electron chi connectivity index (χ2n) is 3.96. The van der Waals surface area contributed by atoms with E-state index in [9.17, 15) is 0 Å². The number of rotatable bonds is 4. The highest BCUT2D eigenvalue weighted by molar-refractivity contribution is 5.59. The van der Waals surface area contributed by atoms with E-state index in [2.05, 4.69) is 22.2 Å². The lowest BCUT2D eigenvalue weighted by molar-refractivity contribution is 0.535. The van der Waals surface area contributed by atoms with E-state index in [1.165, 1.54) is 0 Å². The van der Waals surface area contributed by atoms with Gasteiger partial charge in [-0.25, -0.2) is 9.97 Å². The molecule has 2 heterocycles. The molecule has 0 radical (unpaired) electrons. The third-order valence-corrected chi connectivity index (χ3v) is 2.64. The molecule has 2 rings (SSSR count). The Balaban J connectivity index is 2.46. The highest BCUT2D eigenvalue weighted by Crippen LogP contribution is 2.22. The molecule has 0 bridgehead atoms. The molecule has 2 aromatic rings. The fraction of sp³-hybridized carbons (Fsp3) is 0.385. The molecule has 90 valence electrons. The molecule has 0 aliphatic rings. The summed E-state index contributed by atoms with van der Waals surface area (Å²) in [6, 6.07) is 3.89. The van der Waals surface area contributed by atoms with E-state index < -0.39 is 0 Å². The summed E-state index contributed by atoms with van der Waals surface area (Å²) >= 11 is 0. The Morgan fingerprint density at radius 1 is 1.35 bits per heavy atom. The van der Waals surface area contributed by atoms with Gasteiger partial charge in [-0.15, -0.1) is 0 Å². The van der Waals surface area contributed by atoms with Crippen LogP contribution < -0.4 is 5.32 Å². The third-order valence-electron chi connectivity index (χ3n) is 2.64. The van der Waals surface area contributed by atoms with E-state index in [-0.39, 0.29) is 0 Å². The summed E-state index contributed by atoms with van der Waals surface area (Å²) in [4.78, 5) is 9.02. The topological polar surface area (TPSA) is 51.0 Å². The number of hydrogen-bond donors (Lipinski definition) is 1. The summed E-state index contributed by atoms with van der Waals surface area (Å²) in [5, 5.41) is 3.07. The maximum absolute atomic E-state index is 5.29. The van der Waals surface area contributed by atoms with Crippen molar-refractivity contribution in [2.75, 3.05) is 12.4 Å². The lowest BCUT2D eigenvalue weighted by atomic mass is 10.2. The van der Waals surface area contributed by atoms with Gasteiger partial charge in [-0.2, -0.15) is 0 Å². The molecule has 0 saturated carbocycles. The standard InChI is InChI=1S/C13H17N3O/c1-4-5-10-8-12(14-3)16-13(15-10)11-6-7-17-9(11)2/h6-8H,4-5H2,1-3H3,(H,14,15,16). The molecule has 1 N–H and O–H groups in total. The summed E-state index contributed by atoms with van der Waals surface area (Å²) in [7, 11) is 1.87. The van der Waals surface area contributed by atoms with Crippen LogP contribution in [0, 0.1) is 6.92 Å². The number of hydrogen-bond acceptors (Lipinski definition) is 4. The summed E-state index contributed by atoms with van der Waals surface area (Å²) < 4.78 is 5.29. The van der Waals surface area contributed by atoms with Crippen molar-refractivity contribution in [3.05, 3.63) is 29.9 Å². The van der Waals surface area contributed by atoms with Crippen molar-refractivity contribution in [2.24, 2.45) is 0 Å². The molecule has 0 saturated heterocycles. The lowest BCUT2D eigenvalue weighted by Gasteiger charge is -2.06. The number of aryl methyl sites for hydroxylation is 2. The Hall–Kier alpha value is -1.84. The van der Waals surface area contributed by atoms with E-state index in [0.29, 0.717) is 0 Å². The largest absolute Gasteiger partial charge is 0.469 e. The number of nitrogens with zero attached hydrogens (tertiary/aromatic N) is 2. The zero-order valence-corrected chi connectivity index (χ0v) is 10.4. The van der Waals surface area contributed by atoms with Gasteiger partial charge in [0.25, 0.3) is 0 Å². The molecular weight excluding hydrogens is 214 g/mol. The lowest BCUT2D eigenvalue weighted by Crippen LogP contribution is -2.01. The second-order valence-corrected chi connectivity index (χ2v) is 3.96. The van der Waals surface area contributed by atoms with Crippen LogP contribution in [0.3, 0.4) is 0 Å². The molecule has 0 fully saturated rings. The smallest absolute Gasteiger partial charge is 0.165 e. The molecule has 0 aliphatic carbocycles. The minimum absolute atomic E-state index is 0.728. The maximum atomic E-state index is 5.29. The Morgan fingerprint density at radius 2 is 2.18 bits per heavy atom. The highest BCUT2D eigenvalue weighted by atomic mass is 16.3. The van der Waals surface area contributed by atoms with Crippen molar-refractivity contribution in [3.8, 4) is 11.4 Å². The third kappa shape index (κ3) is 2.46. The average molecular weight is 231 g/mol. The van der Waals surface area contributed by atoms with Crippen molar-refractivity contribution in [3.63, 3.8) is 0 Å². The van der Waals surface area contributed by atoms with E-state index in [0.717, 1.165) is 41.5 Å². The molecule has 17 heavy (non-hydrogen) atoms. The van der Waals surface area contributed by atoms with Crippen LogP contribution in [0.25, 0.3) is 11.4 Å². The first-order valence-corrected chi connectivity index (χ1v) is 5.84. The number of aromatic nitrogens is 2. The van der Waals surface area contributed by atoms with Crippen LogP contribution in [-0.2, 0) is 6.42 Å². The van der Waals surface area contributed by atoms with Gasteiger partial charge in [-0.3, -0.25) is 0 Å². The molecular formula is C13H17N3O. The zero-order valence-electron chi connectivity index (χ0n) is 10.4. The van der Waals surface area contributed by atoms with Crippen molar-refractivity contribution in [2.45, 2.75) is 26.7 Å². The molecule has 0 spiro atoms. The Bertz CT molecular complexity index is 505. The van der Waals surface area contributed by atoms with Gasteiger partial charge < -0.3 is 9.73 Å². The summed E-state index contributed by atoms with van der Waals surface area (Å²) in [5.41, 5.74) is 2.02. The average Bonchev–Trinajstić information content (AvgIpc) is 2.75. The maximum Gasteiger partial charge on any atom is 0.165 e. The van der Waals surface area contributed by atoms with E-state index >= 15 is 0 Å². The van der Waals surface area contributed by atoms with Crippen LogP contribution in [0.2, 0.25) is 0 Å². The quantitative estimate of drug-likeness (QED) is 0.878. The SMILES string of the molecule is CCCc1cc(NC)nc(-c2ccoc2C)n1. The first kappa shape index (κ1) is 11.6. The second kappa shape index (κ2) is 4.99. The number of anilines is 1. The van der Waals surface area contributed by atoms with Gasteiger partial charge in [-0.1, -0.05) is 13.3 Å². The van der Waals surface area contributed by atoms with Gasteiger partial charge in [0.05, 0.1) is 11.8 Å². The molecule has 0 aliphatic heterocycles. The van der Waals surface area contributed by atoms with E-state index in [1.807, 2.05) is 26.1 Å². The van der Waals surface area contributed by atoms with E-state index in [1.54, 1.807) is 6.26 Å². The van der Waals surface area contributed by atoms with Gasteiger partial charge in [0.1, 0.15) is 11.6 Å². The Morgan fingerprint density at radius 3 is 2.76 bits per heavy atom. The van der Waals surface area contributed by atoms with Crippen molar-refractivity contribution < 1.29 is 4.42 Å². The van der Waals surface area contributed by atoms with Gasteiger partial charge in [0.2, 0.25) is 0 Å². The summed E-state index contributed by atoms with van der Waals surface area (Å²) in [6.07, 6.45) is 3.70. The van der Waals surface area contributed by atoms with Gasteiger partial charge in [0, 0.05) is 18.8 Å². The van der Waals surface area contributed by atoms with Crippen molar-refractivity contribution >= 4 is 5.82 Å². The highest BCUT2D eigenvalue weighted by Gasteiger charge is 2.10. The van der Waals surface area contributed by atoms with Crippen molar-refractivity contribution in [1.29, 1.82) is 0 Å². The minimum Gasteiger partial charge on any atom is -0.469 e. The monoisotopic (exact) mass is 231 g/mol. The fourth-order valence-corrected chi connectivity index (χ4v) is 1.75. The van der Waals surface area contributed by atoms with Crippen LogP contribution in [-0.4, -0.2) is 17.0 Å². The van der Waals surface area contributed by atoms with Crippen LogP contribution >= 0.6 is 0 Å². The van der Waals surface area contributed by atoms with E-state index in [4.69, 9.17) is 4.42 Å². The van der Waals surface area contributed by atoms with Gasteiger partial charge >= 0.3 is 0 Å². The summed E-state index contributed by atoms with van der Waals surface area (Å²) in [5.74, 6) is 2.42. The van der Waals surface area contributed by atoms with Gasteiger partial charge in [0.15, 0.2) is 5.82 Å². The van der Waals surface area contributed by atoms with Crippen LogP contribution in [0.15, 0.2) is 22.8 Å². The number of nitrogens with one attached hydrogen (secondary N) is 1. The normalized spacial score (nSPS) is 10.5. The van der Waals surface area contributed by atoms with Crippen LogP contribution in [0.5, 0.6) is 0 Å². The predicted octanol–water partition coefficient (Wildman–Crippen LogP) is 3.04. The Labute approximate surface area is 101 Å². The molecule has 0 unspecified atom stereocenters. The minimum atomic E-state index is 0.728. The van der Waals surface area contributed by atoms with Crippen LogP contribution in [0.1, 0.15) is 24.8 Å². The number of furan rings is 1. The molecule has 4 heteroatoms. The summed E-state index contributed by atoms with van der Waals surface area (Å²) in [6.45, 7) is 4.06. The molecule has 0 aromatic carbocycles. The zero-order chi connectivity index (χ0) is 12.3. The molecule has 2 aromatic heterocycles. The predicted molar refractivity (Wildman–Crippen MR) is 68.0 cm³/mol. The fourth-order valence-electron chi connectivity index (χ4n) is 1.75. The molecule has 4 nitrogen and oxygen atoms in total. The Kier molecular flexibility index (Phi) is 3.42. The molecule has 0 amide bonds. The van der Waals surface area contributed by atoms with Gasteiger partial charge in [-0.05, 0) is 19.4 Å². The van der Waals surface area contributed by atoms with Crippen LogP contribution in [0.4, 0.5) is 5.82 Å². The van der Waals surface area contributed by atoms with Crippen molar-refractivity contribution in [1.82, 2.24) is 9.97 Å². The molecule has 0 atom stereocenters. The first-order chi connectivity index (χ1) is 8.24. The first-order valence-electron chi connectivity index (χ1n) is 5.84.